The third-order valence-corrected chi connectivity index (χ3v) is 2.58. The number of piperidine rings is 1. The SMILES string of the molecule is O=C=C1CCCNC1c1ccccc1. The van der Waals surface area contributed by atoms with Gasteiger partial charge in [-0.05, 0) is 24.9 Å². The fourth-order valence-electron chi connectivity index (χ4n) is 1.87. The molecule has 0 aliphatic carbocycles. The first kappa shape index (κ1) is 9.20. The molecule has 14 heavy (non-hydrogen) atoms. The molecule has 0 aromatic heterocycles. The molecule has 1 aliphatic heterocycles. The standard InChI is InChI=1S/C12H13NO/c14-9-11-7-4-8-13-12(11)10-5-2-1-3-6-10/h1-3,5-6,12-13H,4,7-8H2. The molecule has 1 fully saturated rings. The molecule has 2 rings (SSSR count). The summed E-state index contributed by atoms with van der Waals surface area (Å²) >= 11 is 0. The van der Waals surface area contributed by atoms with Gasteiger partial charge in [-0.15, -0.1) is 0 Å². The van der Waals surface area contributed by atoms with Gasteiger partial charge in [0.1, 0.15) is 5.94 Å². The highest BCUT2D eigenvalue weighted by molar-refractivity contribution is 5.56. The molecule has 2 nitrogen and oxygen atoms in total. The van der Waals surface area contributed by atoms with E-state index < -0.39 is 0 Å². The molecule has 2 heteroatoms. The second-order valence-electron chi connectivity index (χ2n) is 3.53. The third kappa shape index (κ3) is 1.77. The van der Waals surface area contributed by atoms with Gasteiger partial charge in [0.15, 0.2) is 0 Å². The summed E-state index contributed by atoms with van der Waals surface area (Å²) in [5.41, 5.74) is 2.01. The van der Waals surface area contributed by atoms with Gasteiger partial charge in [0, 0.05) is 5.57 Å². The average molecular weight is 187 g/mol. The zero-order valence-corrected chi connectivity index (χ0v) is 7.99. The van der Waals surface area contributed by atoms with Crippen molar-refractivity contribution >= 4 is 5.94 Å². The van der Waals surface area contributed by atoms with E-state index in [1.54, 1.807) is 0 Å². The van der Waals surface area contributed by atoms with Gasteiger partial charge in [-0.3, -0.25) is 0 Å². The lowest BCUT2D eigenvalue weighted by Crippen LogP contribution is -2.29. The molecule has 1 unspecified atom stereocenters. The highest BCUT2D eigenvalue weighted by Gasteiger charge is 2.20. The first-order valence-corrected chi connectivity index (χ1v) is 4.94. The van der Waals surface area contributed by atoms with Crippen molar-refractivity contribution in [3.63, 3.8) is 0 Å². The Morgan fingerprint density at radius 3 is 2.79 bits per heavy atom. The minimum Gasteiger partial charge on any atom is -0.306 e. The Hall–Kier alpha value is -1.37. The normalized spacial score (nSPS) is 21.7. The summed E-state index contributed by atoms with van der Waals surface area (Å²) < 4.78 is 0. The number of nitrogens with one attached hydrogen (secondary N) is 1. The lowest BCUT2D eigenvalue weighted by Gasteiger charge is -2.24. The number of rotatable bonds is 1. The van der Waals surface area contributed by atoms with E-state index in [-0.39, 0.29) is 6.04 Å². The van der Waals surface area contributed by atoms with E-state index in [9.17, 15) is 4.79 Å². The monoisotopic (exact) mass is 187 g/mol. The molecular formula is C12H13NO. The van der Waals surface area contributed by atoms with Crippen molar-refractivity contribution in [3.05, 3.63) is 41.5 Å². The summed E-state index contributed by atoms with van der Waals surface area (Å²) in [7, 11) is 0. The van der Waals surface area contributed by atoms with Gasteiger partial charge >= 0.3 is 0 Å². The molecule has 0 radical (unpaired) electrons. The summed E-state index contributed by atoms with van der Waals surface area (Å²) in [6.07, 6.45) is 1.91. The Morgan fingerprint density at radius 2 is 2.07 bits per heavy atom. The van der Waals surface area contributed by atoms with Crippen LogP contribution in [0.3, 0.4) is 0 Å². The Bertz CT molecular complexity index is 352. The van der Waals surface area contributed by atoms with E-state index in [4.69, 9.17) is 0 Å². The topological polar surface area (TPSA) is 29.1 Å². The minimum absolute atomic E-state index is 0.0856. The van der Waals surface area contributed by atoms with Crippen LogP contribution in [-0.2, 0) is 4.79 Å². The van der Waals surface area contributed by atoms with Crippen LogP contribution in [0.4, 0.5) is 0 Å². The molecule has 1 N–H and O–H groups in total. The van der Waals surface area contributed by atoms with Gasteiger partial charge in [0.25, 0.3) is 0 Å². The Balaban J connectivity index is 2.28. The van der Waals surface area contributed by atoms with Gasteiger partial charge in [0.05, 0.1) is 6.04 Å². The smallest absolute Gasteiger partial charge is 0.125 e. The highest BCUT2D eigenvalue weighted by atomic mass is 16.1. The number of hydrogen-bond acceptors (Lipinski definition) is 2. The van der Waals surface area contributed by atoms with E-state index >= 15 is 0 Å². The van der Waals surface area contributed by atoms with E-state index in [1.807, 2.05) is 30.3 Å². The second kappa shape index (κ2) is 4.23. The number of carbonyl (C=O) groups excluding carboxylic acids is 1. The molecule has 1 atom stereocenters. The summed E-state index contributed by atoms with van der Waals surface area (Å²) in [5.74, 6) is 2.06. The van der Waals surface area contributed by atoms with Crippen LogP contribution < -0.4 is 5.32 Å². The molecule has 1 heterocycles. The Labute approximate surface area is 83.6 Å². The number of benzene rings is 1. The molecule has 1 saturated heterocycles. The quantitative estimate of drug-likeness (QED) is 0.680. The van der Waals surface area contributed by atoms with Gasteiger partial charge in [-0.2, -0.15) is 0 Å². The second-order valence-corrected chi connectivity index (χ2v) is 3.53. The minimum atomic E-state index is 0.0856. The van der Waals surface area contributed by atoms with Crippen molar-refractivity contribution in [1.82, 2.24) is 5.32 Å². The van der Waals surface area contributed by atoms with Gasteiger partial charge in [-0.25, -0.2) is 4.79 Å². The Kier molecular flexibility index (Phi) is 2.78. The molecular weight excluding hydrogens is 174 g/mol. The van der Waals surface area contributed by atoms with Crippen molar-refractivity contribution < 1.29 is 4.79 Å². The van der Waals surface area contributed by atoms with Crippen molar-refractivity contribution in [3.8, 4) is 0 Å². The average Bonchev–Trinajstić information content (AvgIpc) is 2.30. The van der Waals surface area contributed by atoms with Crippen LogP contribution in [0.2, 0.25) is 0 Å². The van der Waals surface area contributed by atoms with Crippen LogP contribution >= 0.6 is 0 Å². The molecule has 0 amide bonds. The Morgan fingerprint density at radius 1 is 1.29 bits per heavy atom. The molecule has 1 aromatic rings. The van der Waals surface area contributed by atoms with E-state index in [0.29, 0.717) is 0 Å². The molecule has 1 aromatic carbocycles. The lowest BCUT2D eigenvalue weighted by atomic mass is 9.93. The molecule has 0 spiro atoms. The summed E-state index contributed by atoms with van der Waals surface area (Å²) in [6.45, 7) is 0.977. The number of hydrogen-bond donors (Lipinski definition) is 1. The van der Waals surface area contributed by atoms with Gasteiger partial charge in [-0.1, -0.05) is 30.3 Å². The van der Waals surface area contributed by atoms with Crippen LogP contribution in [0.5, 0.6) is 0 Å². The van der Waals surface area contributed by atoms with Crippen LogP contribution in [-0.4, -0.2) is 12.5 Å². The van der Waals surface area contributed by atoms with E-state index in [0.717, 1.165) is 30.5 Å². The molecule has 0 saturated carbocycles. The van der Waals surface area contributed by atoms with Crippen molar-refractivity contribution in [2.45, 2.75) is 18.9 Å². The zero-order chi connectivity index (χ0) is 9.80. The first-order valence-electron chi connectivity index (χ1n) is 4.94. The summed E-state index contributed by atoms with van der Waals surface area (Å²) in [4.78, 5) is 10.7. The van der Waals surface area contributed by atoms with Crippen molar-refractivity contribution in [1.29, 1.82) is 0 Å². The first-order chi connectivity index (χ1) is 6.92. The van der Waals surface area contributed by atoms with E-state index in [1.165, 1.54) is 0 Å². The van der Waals surface area contributed by atoms with Gasteiger partial charge < -0.3 is 5.32 Å². The lowest BCUT2D eigenvalue weighted by molar-refractivity contribution is 0.499. The maximum absolute atomic E-state index is 10.7. The third-order valence-electron chi connectivity index (χ3n) is 2.58. The molecule has 1 aliphatic rings. The van der Waals surface area contributed by atoms with E-state index in [2.05, 4.69) is 11.3 Å². The van der Waals surface area contributed by atoms with Crippen LogP contribution in [0.25, 0.3) is 0 Å². The summed E-state index contributed by atoms with van der Waals surface area (Å²) in [6, 6.07) is 10.1. The van der Waals surface area contributed by atoms with Crippen molar-refractivity contribution in [2.75, 3.05) is 6.54 Å². The molecule has 0 bridgehead atoms. The predicted molar refractivity (Wildman–Crippen MR) is 55.6 cm³/mol. The van der Waals surface area contributed by atoms with Gasteiger partial charge in [0.2, 0.25) is 0 Å². The predicted octanol–water partition coefficient (Wildman–Crippen LogP) is 1.87. The fourth-order valence-corrected chi connectivity index (χ4v) is 1.87. The largest absolute Gasteiger partial charge is 0.306 e. The maximum Gasteiger partial charge on any atom is 0.125 e. The molecule has 72 valence electrons. The van der Waals surface area contributed by atoms with Crippen LogP contribution in [0.15, 0.2) is 35.9 Å². The maximum atomic E-state index is 10.7. The fraction of sp³-hybridized carbons (Fsp3) is 0.333. The zero-order valence-electron chi connectivity index (χ0n) is 7.99. The van der Waals surface area contributed by atoms with Crippen LogP contribution in [0.1, 0.15) is 24.4 Å². The highest BCUT2D eigenvalue weighted by Crippen LogP contribution is 2.26. The van der Waals surface area contributed by atoms with Crippen LogP contribution in [0, 0.1) is 0 Å². The van der Waals surface area contributed by atoms with Crippen molar-refractivity contribution in [2.24, 2.45) is 0 Å². The summed E-state index contributed by atoms with van der Waals surface area (Å²) in [5, 5.41) is 3.34.